The molecule has 0 aliphatic carbocycles. The first-order valence-corrected chi connectivity index (χ1v) is 7.19. The number of halogens is 1. The molecule has 0 spiro atoms. The van der Waals surface area contributed by atoms with Crippen molar-refractivity contribution in [3.63, 3.8) is 0 Å². The minimum absolute atomic E-state index is 0.131. The van der Waals surface area contributed by atoms with E-state index in [1.54, 1.807) is 0 Å². The van der Waals surface area contributed by atoms with Crippen LogP contribution in [0.1, 0.15) is 29.7 Å². The summed E-state index contributed by atoms with van der Waals surface area (Å²) in [5.74, 6) is 0.0894. The van der Waals surface area contributed by atoms with Gasteiger partial charge in [0.15, 0.2) is 0 Å². The summed E-state index contributed by atoms with van der Waals surface area (Å²) in [5.41, 5.74) is 2.36. The van der Waals surface area contributed by atoms with Crippen LogP contribution in [0.25, 0.3) is 0 Å². The molecule has 1 aromatic rings. The van der Waals surface area contributed by atoms with Crippen molar-refractivity contribution in [2.45, 2.75) is 39.3 Å². The summed E-state index contributed by atoms with van der Waals surface area (Å²) < 4.78 is 7.59. The Kier molecular flexibility index (Phi) is 4.69. The van der Waals surface area contributed by atoms with E-state index in [1.165, 1.54) is 0 Å². The van der Waals surface area contributed by atoms with Gasteiger partial charge in [-0.05, 0) is 32.3 Å². The molecule has 20 heavy (non-hydrogen) atoms. The lowest BCUT2D eigenvalue weighted by molar-refractivity contribution is -0.114. The lowest BCUT2D eigenvalue weighted by atomic mass is 10.2. The van der Waals surface area contributed by atoms with Crippen LogP contribution >= 0.6 is 11.6 Å². The molecule has 0 bridgehead atoms. The van der Waals surface area contributed by atoms with Crippen LogP contribution in [-0.2, 0) is 16.1 Å². The summed E-state index contributed by atoms with van der Waals surface area (Å²) in [6.07, 6.45) is 2.19. The molecule has 1 atom stereocenters. The number of rotatable bonds is 4. The zero-order valence-electron chi connectivity index (χ0n) is 11.7. The van der Waals surface area contributed by atoms with Crippen molar-refractivity contribution in [2.75, 3.05) is 17.8 Å². The molecule has 6 heteroatoms. The lowest BCUT2D eigenvalue weighted by Crippen LogP contribution is -2.21. The van der Waals surface area contributed by atoms with Gasteiger partial charge < -0.3 is 14.6 Å². The summed E-state index contributed by atoms with van der Waals surface area (Å²) in [4.78, 5) is 11.6. The van der Waals surface area contributed by atoms with Crippen molar-refractivity contribution in [3.05, 3.63) is 16.8 Å². The Morgan fingerprint density at radius 2 is 2.35 bits per heavy atom. The van der Waals surface area contributed by atoms with Crippen LogP contribution in [0, 0.1) is 25.2 Å². The third-order valence-electron chi connectivity index (χ3n) is 3.73. The Morgan fingerprint density at radius 3 is 2.90 bits per heavy atom. The molecule has 1 aromatic heterocycles. The van der Waals surface area contributed by atoms with Crippen LogP contribution in [-0.4, -0.2) is 29.1 Å². The number of hydrogen-bond donors (Lipinski definition) is 1. The Hall–Kier alpha value is -1.51. The fourth-order valence-corrected chi connectivity index (χ4v) is 2.58. The highest BCUT2D eigenvalue weighted by Crippen LogP contribution is 2.28. The van der Waals surface area contributed by atoms with Crippen molar-refractivity contribution < 1.29 is 9.53 Å². The van der Waals surface area contributed by atoms with Crippen molar-refractivity contribution in [3.8, 4) is 6.07 Å². The first-order chi connectivity index (χ1) is 9.58. The van der Waals surface area contributed by atoms with Crippen LogP contribution in [0.15, 0.2) is 0 Å². The maximum absolute atomic E-state index is 11.6. The molecule has 108 valence electrons. The molecule has 1 aliphatic rings. The molecular formula is C14H18ClN3O2. The average Bonchev–Trinajstić information content (AvgIpc) is 3.02. The smallest absolute Gasteiger partial charge is 0.240 e. The highest BCUT2D eigenvalue weighted by atomic mass is 35.5. The van der Waals surface area contributed by atoms with Crippen molar-refractivity contribution in [1.29, 1.82) is 5.26 Å². The second-order valence-corrected chi connectivity index (χ2v) is 5.24. The van der Waals surface area contributed by atoms with Gasteiger partial charge >= 0.3 is 0 Å². The number of nitrogens with one attached hydrogen (secondary N) is 1. The fourth-order valence-electron chi connectivity index (χ4n) is 2.52. The number of aromatic nitrogens is 1. The molecule has 0 saturated carbocycles. The molecule has 0 aromatic carbocycles. The topological polar surface area (TPSA) is 67.0 Å². The molecule has 1 saturated heterocycles. The van der Waals surface area contributed by atoms with E-state index in [0.29, 0.717) is 17.9 Å². The zero-order valence-corrected chi connectivity index (χ0v) is 12.5. The lowest BCUT2D eigenvalue weighted by Gasteiger charge is -2.16. The predicted molar refractivity (Wildman–Crippen MR) is 76.9 cm³/mol. The van der Waals surface area contributed by atoms with Gasteiger partial charge in [0, 0.05) is 12.3 Å². The highest BCUT2D eigenvalue weighted by Gasteiger charge is 2.23. The maximum Gasteiger partial charge on any atom is 0.240 e. The van der Waals surface area contributed by atoms with Crippen molar-refractivity contribution >= 4 is 23.3 Å². The van der Waals surface area contributed by atoms with E-state index in [2.05, 4.69) is 11.4 Å². The Bertz CT molecular complexity index is 554. The molecule has 5 nitrogen and oxygen atoms in total. The Balaban J connectivity index is 2.36. The largest absolute Gasteiger partial charge is 0.376 e. The van der Waals surface area contributed by atoms with Crippen molar-refractivity contribution in [2.24, 2.45) is 0 Å². The van der Waals surface area contributed by atoms with Crippen LogP contribution < -0.4 is 5.32 Å². The standard InChI is InChI=1S/C14H18ClN3O2/c1-9-10(2)18(8-11-4-3-5-20-11)14(12(9)7-16)17-13(19)6-15/h11H,3-6,8H2,1-2H3,(H,17,19). The van der Waals surface area contributed by atoms with E-state index < -0.39 is 0 Å². The maximum atomic E-state index is 11.6. The normalized spacial score (nSPS) is 18.0. The Labute approximate surface area is 123 Å². The van der Waals surface area contributed by atoms with Gasteiger partial charge in [0.25, 0.3) is 0 Å². The summed E-state index contributed by atoms with van der Waals surface area (Å²) in [6, 6.07) is 2.16. The third-order valence-corrected chi connectivity index (χ3v) is 3.97. The first-order valence-electron chi connectivity index (χ1n) is 6.65. The van der Waals surface area contributed by atoms with Gasteiger partial charge in [0.2, 0.25) is 5.91 Å². The van der Waals surface area contributed by atoms with E-state index >= 15 is 0 Å². The van der Waals surface area contributed by atoms with E-state index in [1.807, 2.05) is 18.4 Å². The number of hydrogen-bond acceptors (Lipinski definition) is 3. The van der Waals surface area contributed by atoms with Crippen LogP contribution in [0.4, 0.5) is 5.82 Å². The molecule has 1 aliphatic heterocycles. The summed E-state index contributed by atoms with van der Waals surface area (Å²) in [7, 11) is 0. The summed E-state index contributed by atoms with van der Waals surface area (Å²) in [5, 5.41) is 12.0. The molecule has 1 unspecified atom stereocenters. The summed E-state index contributed by atoms with van der Waals surface area (Å²) in [6.45, 7) is 5.25. The minimum Gasteiger partial charge on any atom is -0.376 e. The molecule has 0 radical (unpaired) electrons. The van der Waals surface area contributed by atoms with E-state index in [-0.39, 0.29) is 17.9 Å². The summed E-state index contributed by atoms with van der Waals surface area (Å²) >= 11 is 5.54. The van der Waals surface area contributed by atoms with Gasteiger partial charge in [-0.2, -0.15) is 5.26 Å². The first kappa shape index (κ1) is 14.9. The van der Waals surface area contributed by atoms with E-state index in [0.717, 1.165) is 30.7 Å². The van der Waals surface area contributed by atoms with Crippen molar-refractivity contribution in [1.82, 2.24) is 4.57 Å². The van der Waals surface area contributed by atoms with Gasteiger partial charge in [-0.1, -0.05) is 0 Å². The number of carbonyl (C=O) groups is 1. The monoisotopic (exact) mass is 295 g/mol. The van der Waals surface area contributed by atoms with Gasteiger partial charge in [0.05, 0.1) is 18.2 Å². The molecule has 1 amide bonds. The number of carbonyl (C=O) groups excluding carboxylic acids is 1. The fraction of sp³-hybridized carbons (Fsp3) is 0.571. The van der Waals surface area contributed by atoms with Crippen LogP contribution in [0.3, 0.4) is 0 Å². The molecule has 1 N–H and O–H groups in total. The van der Waals surface area contributed by atoms with E-state index in [4.69, 9.17) is 16.3 Å². The van der Waals surface area contributed by atoms with Gasteiger partial charge in [-0.15, -0.1) is 11.6 Å². The number of alkyl halides is 1. The van der Waals surface area contributed by atoms with Gasteiger partial charge in [-0.25, -0.2) is 0 Å². The number of nitrogens with zero attached hydrogens (tertiary/aromatic N) is 2. The number of anilines is 1. The number of ether oxygens (including phenoxy) is 1. The van der Waals surface area contributed by atoms with Crippen LogP contribution in [0.2, 0.25) is 0 Å². The second kappa shape index (κ2) is 6.29. The molecule has 2 heterocycles. The average molecular weight is 296 g/mol. The number of amides is 1. The SMILES string of the molecule is Cc1c(C#N)c(NC(=O)CCl)n(CC2CCCO2)c1C. The van der Waals surface area contributed by atoms with Crippen LogP contribution in [0.5, 0.6) is 0 Å². The Morgan fingerprint density at radius 1 is 1.60 bits per heavy atom. The third kappa shape index (κ3) is 2.82. The zero-order chi connectivity index (χ0) is 14.7. The predicted octanol–water partition coefficient (Wildman–Crippen LogP) is 2.33. The minimum atomic E-state index is -0.311. The molecule has 1 fully saturated rings. The number of nitriles is 1. The molecule has 2 rings (SSSR count). The quantitative estimate of drug-likeness (QED) is 0.867. The van der Waals surface area contributed by atoms with E-state index in [9.17, 15) is 10.1 Å². The highest BCUT2D eigenvalue weighted by molar-refractivity contribution is 6.29. The van der Waals surface area contributed by atoms with Gasteiger partial charge in [0.1, 0.15) is 17.8 Å². The molecular weight excluding hydrogens is 278 g/mol. The van der Waals surface area contributed by atoms with Gasteiger partial charge in [-0.3, -0.25) is 4.79 Å². The second-order valence-electron chi connectivity index (χ2n) is 4.97.